The summed E-state index contributed by atoms with van der Waals surface area (Å²) in [6, 6.07) is 12.4. The van der Waals surface area contributed by atoms with Gasteiger partial charge in [-0.2, -0.15) is 0 Å². The molecular formula is C52H61ClF3N13O8S3. The Hall–Kier alpha value is -7.23. The average molecular weight is 1180 g/mol. The molecule has 2 aromatic heterocycles. The summed E-state index contributed by atoms with van der Waals surface area (Å²) in [5.41, 5.74) is 17.0. The van der Waals surface area contributed by atoms with Crippen molar-refractivity contribution in [2.75, 3.05) is 50.0 Å². The Morgan fingerprint density at radius 1 is 0.650 bits per heavy atom. The van der Waals surface area contributed by atoms with Crippen LogP contribution in [0, 0.1) is 17.5 Å². The van der Waals surface area contributed by atoms with Gasteiger partial charge >= 0.3 is 0 Å². The Labute approximate surface area is 467 Å². The fraction of sp³-hybridized carbons (Fsp3) is 0.385. The SMILES string of the molecule is C=C1N[C@](C)(c2cc(N)ccc2F)CS(=O)(=O)N1C.CN1C(N)=N[C@](C)(c2cc(CC(=O)c3cnc(C4CC4)cn3)ccc2F)CS1(=O)=O.CN1C(N)=N[C@](C)(c2cc(CC(=O)c3cnc(CCCCl)cn3)ccc2F)CS1(=O)=O. The molecule has 28 heteroatoms. The van der Waals surface area contributed by atoms with Gasteiger partial charge in [-0.05, 0) is 100 Å². The smallest absolute Gasteiger partial charge is 0.239 e. The maximum atomic E-state index is 14.6. The van der Waals surface area contributed by atoms with Gasteiger partial charge in [-0.1, -0.05) is 18.7 Å². The fourth-order valence-electron chi connectivity index (χ4n) is 9.04. The van der Waals surface area contributed by atoms with Crippen LogP contribution in [0.15, 0.2) is 102 Å². The number of rotatable bonds is 13. The van der Waals surface area contributed by atoms with Crippen molar-refractivity contribution in [2.24, 2.45) is 21.5 Å². The second kappa shape index (κ2) is 23.1. The predicted molar refractivity (Wildman–Crippen MR) is 297 cm³/mol. The van der Waals surface area contributed by atoms with Gasteiger partial charge in [0.25, 0.3) is 0 Å². The molecule has 2 fully saturated rings. The lowest BCUT2D eigenvalue weighted by molar-refractivity contribution is 0.0979. The summed E-state index contributed by atoms with van der Waals surface area (Å²) in [6.45, 7) is 8.27. The van der Waals surface area contributed by atoms with Crippen molar-refractivity contribution in [2.45, 2.75) is 81.8 Å². The van der Waals surface area contributed by atoms with E-state index in [0.717, 1.165) is 43.6 Å². The maximum Gasteiger partial charge on any atom is 0.239 e. The highest BCUT2D eigenvalue weighted by atomic mass is 35.5. The number of aromatic nitrogens is 4. The van der Waals surface area contributed by atoms with Crippen LogP contribution in [0.5, 0.6) is 0 Å². The summed E-state index contributed by atoms with van der Waals surface area (Å²) in [5.74, 6) is -2.71. The highest BCUT2D eigenvalue weighted by molar-refractivity contribution is 7.90. The molecule has 80 heavy (non-hydrogen) atoms. The highest BCUT2D eigenvalue weighted by Gasteiger charge is 2.44. The van der Waals surface area contributed by atoms with Gasteiger partial charge in [0.1, 0.15) is 45.7 Å². The van der Waals surface area contributed by atoms with Crippen LogP contribution in [0.4, 0.5) is 18.9 Å². The third kappa shape index (κ3) is 13.5. The average Bonchev–Trinajstić information content (AvgIpc) is 4.34. The Morgan fingerprint density at radius 2 is 1.11 bits per heavy atom. The van der Waals surface area contributed by atoms with Crippen LogP contribution in [0.1, 0.15) is 106 Å². The number of aryl methyl sites for hydroxylation is 1. The lowest BCUT2D eigenvalue weighted by atomic mass is 9.91. The minimum absolute atomic E-state index is 0.0212. The number of carbonyl (C=O) groups is 2. The summed E-state index contributed by atoms with van der Waals surface area (Å²) in [7, 11) is -7.03. The standard InChI is InChI=1S/C20H23ClFN5O3S.C20H22FN5O3S.C12H16FN3O2S/c1-20(12-31(29,30)27(2)19(23)26-20)15-8-13(5-6-16(15)22)9-18(28)17-11-24-14(10-25-17)4-3-7-21;1-20(11-30(28,29)26(2)19(22)25-20)14-7-12(3-6-15(14)21)8-18(27)17-10-23-16(9-24-17)13-4-5-13;1-8-15-12(2,7-19(17,18)16(8)3)10-6-9(14)4-5-11(10)13/h5-6,8,10-11H,3-4,7,9,12H2,1-2H3,(H2,23,26);3,6-7,9-10,13H,4-5,8,11H2,1-2H3,(H2,22,25);4-6,15H,1,7,14H2,2-3H3/t2*20-;12-/m000/s1. The van der Waals surface area contributed by atoms with Gasteiger partial charge in [-0.25, -0.2) is 67.0 Å². The summed E-state index contributed by atoms with van der Waals surface area (Å²) in [6.07, 6.45) is 9.60. The largest absolute Gasteiger partial charge is 0.399 e. The molecule has 1 saturated heterocycles. The van der Waals surface area contributed by atoms with Crippen LogP contribution in [0.25, 0.3) is 0 Å². The zero-order valence-electron chi connectivity index (χ0n) is 44.6. The van der Waals surface area contributed by atoms with Gasteiger partial charge in [0, 0.05) is 80.6 Å². The molecule has 428 valence electrons. The first-order valence-electron chi connectivity index (χ1n) is 24.8. The maximum absolute atomic E-state index is 14.6. The Morgan fingerprint density at radius 3 is 1.54 bits per heavy atom. The lowest BCUT2D eigenvalue weighted by Crippen LogP contribution is -2.56. The number of aliphatic imine (C=N–C) groups is 2. The van der Waals surface area contributed by atoms with Crippen molar-refractivity contribution < 1.29 is 48.0 Å². The lowest BCUT2D eigenvalue weighted by Gasteiger charge is -2.41. The molecule has 5 heterocycles. The quantitative estimate of drug-likeness (QED) is 0.0705. The molecule has 1 aliphatic carbocycles. The van der Waals surface area contributed by atoms with Crippen molar-refractivity contribution in [3.63, 3.8) is 0 Å². The number of benzene rings is 3. The molecule has 0 spiro atoms. The molecule has 9 rings (SSSR count). The molecular weight excluding hydrogens is 1120 g/mol. The predicted octanol–water partition coefficient (Wildman–Crippen LogP) is 4.70. The van der Waals surface area contributed by atoms with E-state index >= 15 is 0 Å². The number of nitrogens with zero attached hydrogens (tertiary/aromatic N) is 9. The minimum atomic E-state index is -3.76. The minimum Gasteiger partial charge on any atom is -0.399 e. The molecule has 0 amide bonds. The number of nitrogen functional groups attached to an aromatic ring is 1. The van der Waals surface area contributed by atoms with E-state index in [9.17, 15) is 48.0 Å². The van der Waals surface area contributed by atoms with E-state index in [-0.39, 0.29) is 76.0 Å². The van der Waals surface area contributed by atoms with Gasteiger partial charge in [0.05, 0.1) is 46.6 Å². The second-order valence-corrected chi connectivity index (χ2v) is 26.8. The van der Waals surface area contributed by atoms with Crippen LogP contribution >= 0.6 is 11.6 Å². The first kappa shape index (κ1) is 60.4. The van der Waals surface area contributed by atoms with E-state index in [1.807, 2.05) is 0 Å². The molecule has 5 aromatic rings. The first-order valence-corrected chi connectivity index (χ1v) is 30.1. The number of halogens is 4. The summed E-state index contributed by atoms with van der Waals surface area (Å²) in [5, 5.41) is 2.94. The van der Waals surface area contributed by atoms with Crippen molar-refractivity contribution in [1.82, 2.24) is 38.2 Å². The molecule has 21 nitrogen and oxygen atoms in total. The summed E-state index contributed by atoms with van der Waals surface area (Å²) in [4.78, 5) is 50.6. The van der Waals surface area contributed by atoms with E-state index in [4.69, 9.17) is 28.8 Å². The van der Waals surface area contributed by atoms with E-state index in [0.29, 0.717) is 35.0 Å². The number of alkyl halides is 1. The third-order valence-electron chi connectivity index (χ3n) is 13.9. The van der Waals surface area contributed by atoms with Crippen molar-refractivity contribution in [3.05, 3.63) is 160 Å². The first-order chi connectivity index (χ1) is 37.3. The number of sulfonamides is 3. The molecule has 3 aromatic carbocycles. The van der Waals surface area contributed by atoms with E-state index in [2.05, 4.69) is 41.8 Å². The molecule has 0 bridgehead atoms. The summed E-state index contributed by atoms with van der Waals surface area (Å²) >= 11 is 5.66. The number of anilines is 1. The van der Waals surface area contributed by atoms with E-state index < -0.39 is 75.6 Å². The Kier molecular flexibility index (Phi) is 17.4. The number of carbonyl (C=O) groups excluding carboxylic acids is 2. The van der Waals surface area contributed by atoms with E-state index in [1.54, 1.807) is 13.1 Å². The molecule has 0 radical (unpaired) electrons. The monoisotopic (exact) mass is 1180 g/mol. The number of guanidine groups is 2. The number of nitrogens with two attached hydrogens (primary N) is 3. The van der Waals surface area contributed by atoms with Gasteiger partial charge in [0.15, 0.2) is 11.6 Å². The van der Waals surface area contributed by atoms with E-state index in [1.165, 1.54) is 108 Å². The number of hydrogen-bond acceptors (Lipinski definition) is 18. The number of nitrogens with one attached hydrogen (secondary N) is 1. The molecule has 3 aliphatic heterocycles. The number of ketones is 2. The number of Topliss-reactive ketones (excluding diaryl/α,β-unsaturated/α-hetero) is 2. The topological polar surface area (TPSA) is 313 Å². The number of hydrogen-bond donors (Lipinski definition) is 4. The normalized spacial score (nSPS) is 22.8. The zero-order chi connectivity index (χ0) is 58.9. The summed E-state index contributed by atoms with van der Waals surface area (Å²) < 4.78 is 120. The molecule has 1 saturated carbocycles. The van der Waals surface area contributed by atoms with Crippen LogP contribution < -0.4 is 22.5 Å². The third-order valence-corrected chi connectivity index (χ3v) is 20.0. The highest BCUT2D eigenvalue weighted by Crippen LogP contribution is 2.39. The van der Waals surface area contributed by atoms with Crippen LogP contribution in [0.3, 0.4) is 0 Å². The van der Waals surface area contributed by atoms with Gasteiger partial charge < -0.3 is 22.5 Å². The van der Waals surface area contributed by atoms with Crippen LogP contribution in [0.2, 0.25) is 0 Å². The molecule has 7 N–H and O–H groups in total. The second-order valence-electron chi connectivity index (χ2n) is 20.4. The van der Waals surface area contributed by atoms with Crippen LogP contribution in [-0.2, 0) is 65.9 Å². The Balaban J connectivity index is 0.000000179. The van der Waals surface area contributed by atoms with Gasteiger partial charge in [0.2, 0.25) is 42.0 Å². The van der Waals surface area contributed by atoms with Gasteiger partial charge in [-0.15, -0.1) is 11.6 Å². The fourth-order valence-corrected chi connectivity index (χ4v) is 13.6. The molecule has 0 unspecified atom stereocenters. The van der Waals surface area contributed by atoms with Gasteiger partial charge in [-0.3, -0.25) is 23.9 Å². The van der Waals surface area contributed by atoms with Crippen molar-refractivity contribution in [1.29, 1.82) is 0 Å². The molecule has 3 atom stereocenters. The van der Waals surface area contributed by atoms with Crippen molar-refractivity contribution >= 4 is 70.8 Å². The zero-order valence-corrected chi connectivity index (χ0v) is 47.8. The Bertz CT molecular complexity index is 3650. The van der Waals surface area contributed by atoms with Crippen LogP contribution in [-0.4, -0.2) is 126 Å². The molecule has 4 aliphatic rings. The van der Waals surface area contributed by atoms with Crippen molar-refractivity contribution in [3.8, 4) is 0 Å².